The predicted molar refractivity (Wildman–Crippen MR) is 72.7 cm³/mol. The molecule has 102 valence electrons. The number of ether oxygens (including phenoxy) is 1. The van der Waals surface area contributed by atoms with Crippen molar-refractivity contribution in [2.24, 2.45) is 0 Å². The van der Waals surface area contributed by atoms with Crippen LogP contribution in [-0.4, -0.2) is 26.1 Å². The molecule has 0 saturated heterocycles. The van der Waals surface area contributed by atoms with Crippen LogP contribution in [0.25, 0.3) is 0 Å². The molecule has 0 spiro atoms. The maximum atomic E-state index is 11.5. The van der Waals surface area contributed by atoms with Crippen LogP contribution >= 0.6 is 0 Å². The van der Waals surface area contributed by atoms with Crippen molar-refractivity contribution in [3.63, 3.8) is 0 Å². The first-order valence-electron chi connectivity index (χ1n) is 6.18. The van der Waals surface area contributed by atoms with E-state index < -0.39 is 0 Å². The van der Waals surface area contributed by atoms with Crippen LogP contribution < -0.4 is 15.4 Å². The van der Waals surface area contributed by atoms with Crippen molar-refractivity contribution in [3.05, 3.63) is 29.8 Å². The maximum absolute atomic E-state index is 11.5. The fourth-order valence-corrected chi connectivity index (χ4v) is 1.59. The molecule has 1 atom stereocenters. The summed E-state index contributed by atoms with van der Waals surface area (Å²) >= 11 is 0. The lowest BCUT2D eigenvalue weighted by Crippen LogP contribution is -2.35. The van der Waals surface area contributed by atoms with Crippen molar-refractivity contribution >= 4 is 5.91 Å². The van der Waals surface area contributed by atoms with Gasteiger partial charge in [-0.15, -0.1) is 0 Å². The number of carbonyl (C=O) groups excluding carboxylic acids is 1. The highest BCUT2D eigenvalue weighted by Crippen LogP contribution is 2.18. The Morgan fingerprint density at radius 2 is 2.32 bits per heavy atom. The molecule has 1 aromatic carbocycles. The summed E-state index contributed by atoms with van der Waals surface area (Å²) in [6, 6.07) is 9.74. The molecule has 19 heavy (non-hydrogen) atoms. The van der Waals surface area contributed by atoms with Gasteiger partial charge >= 0.3 is 0 Å². The number of hydrogen-bond acceptors (Lipinski definition) is 4. The standard InChI is InChI=1S/C14H19N3O2/c1-11(12-5-3-6-13(9-12)19-2)17-10-14(18)16-8-4-7-15/h3,5-6,9,11,17H,4,8,10H2,1-2H3,(H,16,18)/t11-/m0/s1. The molecule has 0 unspecified atom stereocenters. The molecule has 0 aliphatic heterocycles. The number of methoxy groups -OCH3 is 1. The van der Waals surface area contributed by atoms with Gasteiger partial charge in [0, 0.05) is 12.6 Å². The third kappa shape index (κ3) is 5.40. The van der Waals surface area contributed by atoms with E-state index in [9.17, 15) is 4.79 Å². The molecule has 0 saturated carbocycles. The van der Waals surface area contributed by atoms with Crippen LogP contribution in [0, 0.1) is 11.3 Å². The molecule has 0 aliphatic rings. The molecule has 0 aromatic heterocycles. The van der Waals surface area contributed by atoms with E-state index in [-0.39, 0.29) is 18.5 Å². The number of hydrogen-bond donors (Lipinski definition) is 2. The Bertz CT molecular complexity index is 454. The number of carbonyl (C=O) groups is 1. The van der Waals surface area contributed by atoms with E-state index in [0.29, 0.717) is 13.0 Å². The second kappa shape index (κ2) is 8.11. The monoisotopic (exact) mass is 261 g/mol. The molecule has 1 amide bonds. The topological polar surface area (TPSA) is 74.2 Å². The summed E-state index contributed by atoms with van der Waals surface area (Å²) < 4.78 is 5.16. The molecule has 5 heteroatoms. The smallest absolute Gasteiger partial charge is 0.234 e. The summed E-state index contributed by atoms with van der Waals surface area (Å²) in [6.45, 7) is 2.60. The first kappa shape index (κ1) is 15.0. The van der Waals surface area contributed by atoms with Crippen molar-refractivity contribution in [2.45, 2.75) is 19.4 Å². The van der Waals surface area contributed by atoms with Crippen molar-refractivity contribution in [1.29, 1.82) is 5.26 Å². The van der Waals surface area contributed by atoms with Crippen LogP contribution in [0.15, 0.2) is 24.3 Å². The van der Waals surface area contributed by atoms with Crippen molar-refractivity contribution in [2.75, 3.05) is 20.2 Å². The highest BCUT2D eigenvalue weighted by Gasteiger charge is 2.08. The summed E-state index contributed by atoms with van der Waals surface area (Å²) in [5.74, 6) is 0.689. The molecule has 0 bridgehead atoms. The molecule has 5 nitrogen and oxygen atoms in total. The largest absolute Gasteiger partial charge is 0.497 e. The summed E-state index contributed by atoms with van der Waals surface area (Å²) in [4.78, 5) is 11.5. The van der Waals surface area contributed by atoms with Crippen LogP contribution in [0.2, 0.25) is 0 Å². The van der Waals surface area contributed by atoms with Gasteiger partial charge in [-0.05, 0) is 24.6 Å². The second-order valence-electron chi connectivity index (χ2n) is 4.14. The van der Waals surface area contributed by atoms with Gasteiger partial charge in [0.15, 0.2) is 0 Å². The van der Waals surface area contributed by atoms with Crippen molar-refractivity contribution in [1.82, 2.24) is 10.6 Å². The Kier molecular flexibility index (Phi) is 6.41. The summed E-state index contributed by atoms with van der Waals surface area (Å²) in [5, 5.41) is 14.2. The van der Waals surface area contributed by atoms with E-state index in [1.54, 1.807) is 7.11 Å². The van der Waals surface area contributed by atoms with Gasteiger partial charge in [-0.2, -0.15) is 5.26 Å². The van der Waals surface area contributed by atoms with Crippen LogP contribution in [0.4, 0.5) is 0 Å². The Morgan fingerprint density at radius 1 is 1.53 bits per heavy atom. The number of amides is 1. The molecule has 1 aromatic rings. The zero-order valence-electron chi connectivity index (χ0n) is 11.3. The minimum atomic E-state index is -0.106. The summed E-state index contributed by atoms with van der Waals surface area (Å²) in [5.41, 5.74) is 1.06. The minimum absolute atomic E-state index is 0.0526. The van der Waals surface area contributed by atoms with E-state index >= 15 is 0 Å². The number of nitriles is 1. The zero-order valence-corrected chi connectivity index (χ0v) is 11.3. The van der Waals surface area contributed by atoms with E-state index in [1.165, 1.54) is 0 Å². The molecule has 0 radical (unpaired) electrons. The molecule has 2 N–H and O–H groups in total. The SMILES string of the molecule is COc1cccc([C@H](C)NCC(=O)NCCC#N)c1. The Morgan fingerprint density at radius 3 is 3.00 bits per heavy atom. The van der Waals surface area contributed by atoms with Gasteiger partial charge in [-0.3, -0.25) is 4.79 Å². The van der Waals surface area contributed by atoms with E-state index in [0.717, 1.165) is 11.3 Å². The normalized spacial score (nSPS) is 11.4. The fourth-order valence-electron chi connectivity index (χ4n) is 1.59. The predicted octanol–water partition coefficient (Wildman–Crippen LogP) is 1.38. The van der Waals surface area contributed by atoms with Gasteiger partial charge in [0.1, 0.15) is 5.75 Å². The highest BCUT2D eigenvalue weighted by molar-refractivity contribution is 5.78. The molecule has 0 aliphatic carbocycles. The lowest BCUT2D eigenvalue weighted by atomic mass is 10.1. The zero-order chi connectivity index (χ0) is 14.1. The van der Waals surface area contributed by atoms with Gasteiger partial charge < -0.3 is 15.4 Å². The first-order chi connectivity index (χ1) is 9.17. The quantitative estimate of drug-likeness (QED) is 0.727. The second-order valence-corrected chi connectivity index (χ2v) is 4.14. The lowest BCUT2D eigenvalue weighted by Gasteiger charge is -2.14. The summed E-state index contributed by atoms with van der Waals surface area (Å²) in [6.07, 6.45) is 0.331. The van der Waals surface area contributed by atoms with Crippen LogP contribution in [0.5, 0.6) is 5.75 Å². The third-order valence-electron chi connectivity index (χ3n) is 2.72. The first-order valence-corrected chi connectivity index (χ1v) is 6.18. The van der Waals surface area contributed by atoms with Crippen molar-refractivity contribution in [3.8, 4) is 11.8 Å². The highest BCUT2D eigenvalue weighted by atomic mass is 16.5. The number of rotatable bonds is 7. The van der Waals surface area contributed by atoms with E-state index in [4.69, 9.17) is 10.00 Å². The van der Waals surface area contributed by atoms with E-state index in [2.05, 4.69) is 10.6 Å². The van der Waals surface area contributed by atoms with Crippen LogP contribution in [0.3, 0.4) is 0 Å². The average Bonchev–Trinajstić information content (AvgIpc) is 2.45. The molecule has 0 heterocycles. The third-order valence-corrected chi connectivity index (χ3v) is 2.72. The Labute approximate surface area is 113 Å². The maximum Gasteiger partial charge on any atom is 0.234 e. The number of benzene rings is 1. The van der Waals surface area contributed by atoms with Gasteiger partial charge in [0.25, 0.3) is 0 Å². The Balaban J connectivity index is 2.40. The number of nitrogens with zero attached hydrogens (tertiary/aromatic N) is 1. The number of nitrogens with one attached hydrogen (secondary N) is 2. The Hall–Kier alpha value is -2.06. The summed E-state index contributed by atoms with van der Waals surface area (Å²) in [7, 11) is 1.62. The van der Waals surface area contributed by atoms with Crippen molar-refractivity contribution < 1.29 is 9.53 Å². The molecular weight excluding hydrogens is 242 g/mol. The molecule has 1 rings (SSSR count). The molecule has 0 fully saturated rings. The van der Waals surface area contributed by atoms with Crippen LogP contribution in [-0.2, 0) is 4.79 Å². The molecular formula is C14H19N3O2. The van der Waals surface area contributed by atoms with E-state index in [1.807, 2.05) is 37.3 Å². The average molecular weight is 261 g/mol. The van der Waals surface area contributed by atoms with Gasteiger partial charge in [-0.25, -0.2) is 0 Å². The van der Waals surface area contributed by atoms with Gasteiger partial charge in [-0.1, -0.05) is 12.1 Å². The lowest BCUT2D eigenvalue weighted by molar-refractivity contribution is -0.120. The van der Waals surface area contributed by atoms with Gasteiger partial charge in [0.05, 0.1) is 26.1 Å². The fraction of sp³-hybridized carbons (Fsp3) is 0.429. The minimum Gasteiger partial charge on any atom is -0.497 e. The van der Waals surface area contributed by atoms with Gasteiger partial charge in [0.2, 0.25) is 5.91 Å². The van der Waals surface area contributed by atoms with Crippen LogP contribution in [0.1, 0.15) is 24.9 Å².